The molecule has 0 atom stereocenters. The number of hydrogen-bond donors (Lipinski definition) is 1. The number of alkyl halides is 6. The molecule has 0 saturated heterocycles. The van der Waals surface area contributed by atoms with Crippen molar-refractivity contribution in [2.24, 2.45) is 4.99 Å². The summed E-state index contributed by atoms with van der Waals surface area (Å²) in [6, 6.07) is 0. The van der Waals surface area contributed by atoms with Crippen LogP contribution in [0.5, 0.6) is 5.95 Å². The first-order valence-electron chi connectivity index (χ1n) is 6.08. The summed E-state index contributed by atoms with van der Waals surface area (Å²) in [7, 11) is 0. The van der Waals surface area contributed by atoms with Gasteiger partial charge < -0.3 is 9.15 Å². The second-order valence-electron chi connectivity index (χ2n) is 4.46. The van der Waals surface area contributed by atoms with E-state index >= 15 is 0 Å². The number of furan rings is 1. The summed E-state index contributed by atoms with van der Waals surface area (Å²) in [5, 5.41) is 1.41. The van der Waals surface area contributed by atoms with Crippen LogP contribution >= 0.6 is 69.6 Å². The van der Waals surface area contributed by atoms with Crippen molar-refractivity contribution in [3.05, 3.63) is 29.8 Å². The van der Waals surface area contributed by atoms with Crippen molar-refractivity contribution in [2.45, 2.75) is 7.59 Å². The molecule has 124 valence electrons. The van der Waals surface area contributed by atoms with E-state index < -0.39 is 7.59 Å². The Balaban J connectivity index is 2.04. The number of nitrogens with zero attached hydrogens (tertiary/aromatic N) is 2. The highest BCUT2D eigenvalue weighted by Crippen LogP contribution is 2.42. The Kier molecular flexibility index (Phi) is 4.64. The molecule has 1 aromatic heterocycles. The lowest BCUT2D eigenvalue weighted by Gasteiger charge is -2.33. The van der Waals surface area contributed by atoms with E-state index in [1.54, 1.807) is 0 Å². The van der Waals surface area contributed by atoms with Gasteiger partial charge in [0.05, 0.1) is 5.56 Å². The predicted molar refractivity (Wildman–Crippen MR) is 94.9 cm³/mol. The molecule has 2 aliphatic heterocycles. The van der Waals surface area contributed by atoms with Gasteiger partial charge in [0.25, 0.3) is 5.95 Å². The van der Waals surface area contributed by atoms with Crippen LogP contribution in [0, 0.1) is 0 Å². The Hall–Kier alpha value is -0.430. The number of nitrogens with one attached hydrogen (secondary N) is 1. The highest BCUT2D eigenvalue weighted by molar-refractivity contribution is 6.77. The number of hydrazine groups is 1. The topological polar surface area (TPSA) is 50.0 Å². The number of amidine groups is 1. The van der Waals surface area contributed by atoms with E-state index in [0.717, 1.165) is 0 Å². The number of hydrogen-bond acceptors (Lipinski definition) is 5. The molecular weight excluding hydrogens is 431 g/mol. The molecule has 0 bridgehead atoms. The molecule has 0 spiro atoms. The lowest BCUT2D eigenvalue weighted by molar-refractivity contribution is 0.268. The summed E-state index contributed by atoms with van der Waals surface area (Å²) in [6.45, 7) is 0.413. The number of ether oxygens (including phenoxy) is 1. The molecule has 0 unspecified atom stereocenters. The highest BCUT2D eigenvalue weighted by Gasteiger charge is 2.40. The third-order valence-corrected chi connectivity index (χ3v) is 4.01. The molecule has 3 rings (SSSR count). The first-order chi connectivity index (χ1) is 10.7. The standard InChI is InChI=1S/C12H7Cl6N3O2/c13-11(14,15)8-4-19-21(10(20-8)12(16,17)18)7-5-23-9-6(7)2-1-3-22-9/h1-2,4-5,19H,3H2. The fourth-order valence-corrected chi connectivity index (χ4v) is 2.64. The molecule has 0 aliphatic carbocycles. The Morgan fingerprint density at radius 1 is 1.13 bits per heavy atom. The molecule has 5 nitrogen and oxygen atoms in total. The number of rotatable bonds is 1. The molecule has 0 amide bonds. The molecule has 1 aromatic rings. The van der Waals surface area contributed by atoms with Crippen molar-refractivity contribution in [1.82, 2.24) is 5.43 Å². The van der Waals surface area contributed by atoms with E-state index in [0.29, 0.717) is 23.8 Å². The van der Waals surface area contributed by atoms with Gasteiger partial charge in [-0.2, -0.15) is 0 Å². The normalized spacial score (nSPS) is 17.9. The SMILES string of the molecule is ClC(Cl)(Cl)C1=CNN(c2coc3c2C=CCO3)C(C(Cl)(Cl)Cl)=N1. The van der Waals surface area contributed by atoms with E-state index in [-0.39, 0.29) is 11.5 Å². The van der Waals surface area contributed by atoms with Crippen molar-refractivity contribution >= 4 is 87.2 Å². The van der Waals surface area contributed by atoms with Crippen molar-refractivity contribution in [3.63, 3.8) is 0 Å². The van der Waals surface area contributed by atoms with Gasteiger partial charge >= 0.3 is 0 Å². The first-order valence-corrected chi connectivity index (χ1v) is 8.35. The Bertz CT molecular complexity index is 713. The molecule has 11 heteroatoms. The van der Waals surface area contributed by atoms with Crippen LogP contribution in [0.2, 0.25) is 0 Å². The highest BCUT2D eigenvalue weighted by atomic mass is 35.6. The Labute approximate surface area is 161 Å². The average molecular weight is 438 g/mol. The average Bonchev–Trinajstić information content (AvgIpc) is 2.88. The minimum Gasteiger partial charge on any atom is -0.460 e. The minimum absolute atomic E-state index is 0.00565. The van der Waals surface area contributed by atoms with Gasteiger partial charge in [0.2, 0.25) is 7.59 Å². The van der Waals surface area contributed by atoms with Gasteiger partial charge in [-0.25, -0.2) is 10.0 Å². The van der Waals surface area contributed by atoms with Gasteiger partial charge in [0.1, 0.15) is 24.3 Å². The molecule has 3 heterocycles. The van der Waals surface area contributed by atoms with Crippen molar-refractivity contribution < 1.29 is 9.15 Å². The van der Waals surface area contributed by atoms with Crippen LogP contribution in [0.1, 0.15) is 5.56 Å². The summed E-state index contributed by atoms with van der Waals surface area (Å²) in [6.07, 6.45) is 6.47. The Morgan fingerprint density at radius 3 is 2.52 bits per heavy atom. The summed E-state index contributed by atoms with van der Waals surface area (Å²) in [5.74, 6) is 0.345. The van der Waals surface area contributed by atoms with E-state index in [1.807, 2.05) is 12.2 Å². The van der Waals surface area contributed by atoms with Crippen LogP contribution in [0.4, 0.5) is 5.69 Å². The maximum Gasteiger partial charge on any atom is 0.294 e. The number of halogens is 6. The zero-order valence-electron chi connectivity index (χ0n) is 11.0. The van der Waals surface area contributed by atoms with Gasteiger partial charge in [-0.05, 0) is 12.2 Å². The van der Waals surface area contributed by atoms with E-state index in [1.165, 1.54) is 17.5 Å². The summed E-state index contributed by atoms with van der Waals surface area (Å²) in [4.78, 5) is 4.15. The maximum atomic E-state index is 6.00. The monoisotopic (exact) mass is 435 g/mol. The van der Waals surface area contributed by atoms with Gasteiger partial charge in [-0.15, -0.1) is 0 Å². The van der Waals surface area contributed by atoms with Crippen LogP contribution in [0.15, 0.2) is 33.6 Å². The number of aliphatic imine (C=N–C) groups is 1. The summed E-state index contributed by atoms with van der Waals surface area (Å²) < 4.78 is 7.06. The number of fused-ring (bicyclic) bond motifs is 1. The van der Waals surface area contributed by atoms with Crippen molar-refractivity contribution in [1.29, 1.82) is 0 Å². The van der Waals surface area contributed by atoms with Crippen LogP contribution in [-0.4, -0.2) is 20.0 Å². The van der Waals surface area contributed by atoms with Gasteiger partial charge in [-0.1, -0.05) is 69.6 Å². The molecular formula is C12H7Cl6N3O2. The smallest absolute Gasteiger partial charge is 0.294 e. The zero-order chi connectivity index (χ0) is 16.8. The van der Waals surface area contributed by atoms with Crippen molar-refractivity contribution in [3.8, 4) is 5.95 Å². The molecule has 0 fully saturated rings. The summed E-state index contributed by atoms with van der Waals surface area (Å²) in [5.41, 5.74) is 4.13. The molecule has 2 aliphatic rings. The van der Waals surface area contributed by atoms with E-state index in [4.69, 9.17) is 78.8 Å². The predicted octanol–water partition coefficient (Wildman–Crippen LogP) is 4.99. The molecule has 0 saturated carbocycles. The molecule has 0 aromatic carbocycles. The quantitative estimate of drug-likeness (QED) is 0.629. The molecule has 23 heavy (non-hydrogen) atoms. The zero-order valence-corrected chi connectivity index (χ0v) is 15.5. The summed E-state index contributed by atoms with van der Waals surface area (Å²) >= 11 is 35.5. The second kappa shape index (κ2) is 6.14. The number of anilines is 1. The van der Waals surface area contributed by atoms with Gasteiger partial charge in [0.15, 0.2) is 5.84 Å². The van der Waals surface area contributed by atoms with Crippen LogP contribution < -0.4 is 15.2 Å². The second-order valence-corrected chi connectivity index (χ2v) is 9.02. The van der Waals surface area contributed by atoms with E-state index in [2.05, 4.69) is 10.4 Å². The minimum atomic E-state index is -1.88. The third-order valence-electron chi connectivity index (χ3n) is 2.92. The fourth-order valence-electron chi connectivity index (χ4n) is 1.97. The molecule has 0 radical (unpaired) electrons. The van der Waals surface area contributed by atoms with Crippen LogP contribution in [0.25, 0.3) is 6.08 Å². The lowest BCUT2D eigenvalue weighted by atomic mass is 10.2. The maximum absolute atomic E-state index is 6.00. The first kappa shape index (κ1) is 17.4. The Morgan fingerprint density at radius 2 is 1.87 bits per heavy atom. The van der Waals surface area contributed by atoms with Gasteiger partial charge in [-0.3, -0.25) is 5.43 Å². The van der Waals surface area contributed by atoms with Crippen LogP contribution in [-0.2, 0) is 0 Å². The largest absolute Gasteiger partial charge is 0.460 e. The fraction of sp³-hybridized carbons (Fsp3) is 0.250. The van der Waals surface area contributed by atoms with Crippen LogP contribution in [0.3, 0.4) is 0 Å². The van der Waals surface area contributed by atoms with Crippen molar-refractivity contribution in [2.75, 3.05) is 11.6 Å². The number of allylic oxidation sites excluding steroid dienone is 1. The van der Waals surface area contributed by atoms with E-state index in [9.17, 15) is 0 Å². The third kappa shape index (κ3) is 3.50. The molecule has 1 N–H and O–H groups in total. The van der Waals surface area contributed by atoms with Gasteiger partial charge in [0, 0.05) is 6.20 Å². The lowest BCUT2D eigenvalue weighted by Crippen LogP contribution is -2.49.